The fourth-order valence-corrected chi connectivity index (χ4v) is 7.41. The largest absolute Gasteiger partial charge is 0.370 e. The van der Waals surface area contributed by atoms with Crippen molar-refractivity contribution in [2.24, 2.45) is 0 Å². The summed E-state index contributed by atoms with van der Waals surface area (Å²) in [6.45, 7) is 3.97. The number of thioether (sulfide) groups is 2. The lowest BCUT2D eigenvalue weighted by molar-refractivity contribution is -0.384. The lowest BCUT2D eigenvalue weighted by Crippen LogP contribution is -1.96. The molecular formula is C14H15ClNO5PS2. The smallest absolute Gasteiger partial charge is 0.305 e. The standard InChI is InChI=1S/C14H15ClNO5PS2/c1-3-20-22(19,21-4-2)14-13(15)23-12(24-14)9-10-5-7-11(8-6-10)16(17)18/h5-9H,3-4H2,1-2H3/b12-9+. The topological polar surface area (TPSA) is 78.7 Å². The Bertz CT molecular complexity index is 725. The highest BCUT2D eigenvalue weighted by atomic mass is 35.5. The summed E-state index contributed by atoms with van der Waals surface area (Å²) in [5.74, 6) is 0. The molecule has 10 heteroatoms. The summed E-state index contributed by atoms with van der Waals surface area (Å²) >= 11 is 8.72. The van der Waals surface area contributed by atoms with Crippen molar-refractivity contribution in [3.05, 3.63) is 53.2 Å². The van der Waals surface area contributed by atoms with E-state index < -0.39 is 12.5 Å². The van der Waals surface area contributed by atoms with Gasteiger partial charge in [0, 0.05) is 12.1 Å². The molecule has 1 aromatic carbocycles. The third-order valence-electron chi connectivity index (χ3n) is 2.79. The quantitative estimate of drug-likeness (QED) is 0.311. The van der Waals surface area contributed by atoms with E-state index in [9.17, 15) is 14.7 Å². The van der Waals surface area contributed by atoms with Gasteiger partial charge in [0.05, 0.1) is 22.4 Å². The Morgan fingerprint density at radius 3 is 2.29 bits per heavy atom. The average molecular weight is 408 g/mol. The van der Waals surface area contributed by atoms with Gasteiger partial charge in [0.25, 0.3) is 5.69 Å². The molecule has 0 unspecified atom stereocenters. The third kappa shape index (κ3) is 4.65. The van der Waals surface area contributed by atoms with E-state index in [4.69, 9.17) is 20.6 Å². The Morgan fingerprint density at radius 1 is 1.21 bits per heavy atom. The molecule has 0 saturated heterocycles. The van der Waals surface area contributed by atoms with Crippen LogP contribution in [0.4, 0.5) is 5.69 Å². The molecule has 0 N–H and O–H groups in total. The van der Waals surface area contributed by atoms with Crippen LogP contribution in [0.15, 0.2) is 37.5 Å². The van der Waals surface area contributed by atoms with Gasteiger partial charge in [0.15, 0.2) is 0 Å². The summed E-state index contributed by atoms with van der Waals surface area (Å²) in [5.41, 5.74) is 0.807. The molecule has 0 saturated carbocycles. The minimum absolute atomic E-state index is 0.0258. The van der Waals surface area contributed by atoms with Crippen molar-refractivity contribution in [1.29, 1.82) is 0 Å². The maximum Gasteiger partial charge on any atom is 0.370 e. The first-order chi connectivity index (χ1) is 11.4. The fourth-order valence-electron chi connectivity index (χ4n) is 1.83. The number of non-ortho nitro benzene ring substituents is 1. The van der Waals surface area contributed by atoms with Crippen LogP contribution in [0.3, 0.4) is 0 Å². The number of nitrogens with zero attached hydrogens (tertiary/aromatic N) is 1. The summed E-state index contributed by atoms with van der Waals surface area (Å²) in [4.78, 5) is 10.2. The lowest BCUT2D eigenvalue weighted by Gasteiger charge is -2.17. The molecular weight excluding hydrogens is 393 g/mol. The molecule has 2 rings (SSSR count). The molecule has 0 fully saturated rings. The summed E-state index contributed by atoms with van der Waals surface area (Å²) < 4.78 is 25.0. The maximum absolute atomic E-state index is 12.8. The van der Waals surface area contributed by atoms with Gasteiger partial charge in [-0.25, -0.2) is 0 Å². The van der Waals surface area contributed by atoms with E-state index >= 15 is 0 Å². The number of nitro benzene ring substituents is 1. The van der Waals surface area contributed by atoms with Crippen LogP contribution in [0.2, 0.25) is 0 Å². The van der Waals surface area contributed by atoms with Crippen LogP contribution in [0.25, 0.3) is 6.08 Å². The van der Waals surface area contributed by atoms with Crippen LogP contribution >= 0.6 is 42.7 Å². The van der Waals surface area contributed by atoms with Crippen molar-refractivity contribution in [2.45, 2.75) is 13.8 Å². The zero-order chi connectivity index (χ0) is 17.7. The molecule has 6 nitrogen and oxygen atoms in total. The monoisotopic (exact) mass is 407 g/mol. The first-order valence-corrected chi connectivity index (χ1v) is 10.6. The van der Waals surface area contributed by atoms with Gasteiger partial charge in [-0.2, -0.15) is 0 Å². The predicted molar refractivity (Wildman–Crippen MR) is 100.0 cm³/mol. The Hall–Kier alpha value is -0.760. The number of benzene rings is 1. The third-order valence-corrected chi connectivity index (χ3v) is 8.52. The van der Waals surface area contributed by atoms with E-state index in [2.05, 4.69) is 0 Å². The summed E-state index contributed by atoms with van der Waals surface area (Å²) in [6, 6.07) is 6.14. The molecule has 0 atom stereocenters. The zero-order valence-corrected chi connectivity index (χ0v) is 16.2. The molecule has 1 aliphatic heterocycles. The van der Waals surface area contributed by atoms with Crippen LogP contribution in [0.1, 0.15) is 19.4 Å². The number of hydrogen-bond donors (Lipinski definition) is 0. The first-order valence-electron chi connectivity index (χ1n) is 7.01. The summed E-state index contributed by atoms with van der Waals surface area (Å²) in [6.07, 6.45) is 1.82. The second-order valence-electron chi connectivity index (χ2n) is 4.43. The minimum Gasteiger partial charge on any atom is -0.305 e. The van der Waals surface area contributed by atoms with Gasteiger partial charge in [0.1, 0.15) is 9.01 Å². The second-order valence-corrected chi connectivity index (χ2v) is 9.65. The number of halogens is 1. The van der Waals surface area contributed by atoms with Crippen molar-refractivity contribution in [3.8, 4) is 0 Å². The van der Waals surface area contributed by atoms with Gasteiger partial charge in [0.2, 0.25) is 0 Å². The molecule has 130 valence electrons. The van der Waals surface area contributed by atoms with E-state index in [1.165, 1.54) is 35.7 Å². The van der Waals surface area contributed by atoms with Crippen molar-refractivity contribution in [3.63, 3.8) is 0 Å². The Labute approximate surface area is 153 Å². The van der Waals surface area contributed by atoms with Crippen LogP contribution in [0.5, 0.6) is 0 Å². The van der Waals surface area contributed by atoms with Crippen molar-refractivity contribution >= 4 is 54.5 Å². The van der Waals surface area contributed by atoms with Gasteiger partial charge in [-0.1, -0.05) is 35.1 Å². The van der Waals surface area contributed by atoms with E-state index in [1.807, 2.05) is 6.08 Å². The highest BCUT2D eigenvalue weighted by molar-refractivity contribution is 8.32. The van der Waals surface area contributed by atoms with Crippen LogP contribution in [-0.4, -0.2) is 18.1 Å². The van der Waals surface area contributed by atoms with Crippen molar-refractivity contribution < 1.29 is 18.5 Å². The molecule has 0 radical (unpaired) electrons. The molecule has 0 aliphatic carbocycles. The van der Waals surface area contributed by atoms with Crippen LogP contribution in [-0.2, 0) is 13.6 Å². The van der Waals surface area contributed by atoms with Crippen LogP contribution < -0.4 is 0 Å². The number of hydrogen-bond acceptors (Lipinski definition) is 7. The maximum atomic E-state index is 12.8. The number of rotatable bonds is 7. The zero-order valence-electron chi connectivity index (χ0n) is 12.9. The first kappa shape index (κ1) is 19.6. The molecule has 1 aromatic rings. The SMILES string of the molecule is CCOP(=O)(OCC)C1=C(Cl)S/C(=C\c2ccc([N+](=O)[O-])cc2)S1. The van der Waals surface area contributed by atoms with Crippen molar-refractivity contribution in [1.82, 2.24) is 0 Å². The molecule has 0 bridgehead atoms. The highest BCUT2D eigenvalue weighted by Gasteiger charge is 2.38. The molecule has 0 aromatic heterocycles. The minimum atomic E-state index is -3.43. The second kappa shape index (κ2) is 8.56. The molecule has 24 heavy (non-hydrogen) atoms. The summed E-state index contributed by atoms with van der Waals surface area (Å²) in [5, 5.41) is 10.7. The summed E-state index contributed by atoms with van der Waals surface area (Å²) in [7, 11) is -3.43. The highest BCUT2D eigenvalue weighted by Crippen LogP contribution is 2.69. The van der Waals surface area contributed by atoms with Gasteiger partial charge >= 0.3 is 7.60 Å². The van der Waals surface area contributed by atoms with E-state index in [-0.39, 0.29) is 18.9 Å². The Morgan fingerprint density at radius 2 is 1.79 bits per heavy atom. The molecule has 1 heterocycles. The molecule has 1 aliphatic rings. The van der Waals surface area contributed by atoms with E-state index in [0.717, 1.165) is 9.80 Å². The fraction of sp³-hybridized carbons (Fsp3) is 0.286. The van der Waals surface area contributed by atoms with E-state index in [0.29, 0.717) is 9.01 Å². The normalized spacial score (nSPS) is 16.9. The predicted octanol–water partition coefficient (Wildman–Crippen LogP) is 6.00. The van der Waals surface area contributed by atoms with Gasteiger partial charge < -0.3 is 9.05 Å². The van der Waals surface area contributed by atoms with Gasteiger partial charge in [-0.15, -0.1) is 0 Å². The van der Waals surface area contributed by atoms with Crippen molar-refractivity contribution in [2.75, 3.05) is 13.2 Å². The van der Waals surface area contributed by atoms with Gasteiger partial charge in [-0.05, 0) is 37.6 Å². The lowest BCUT2D eigenvalue weighted by atomic mass is 10.2. The average Bonchev–Trinajstić information content (AvgIpc) is 2.89. The Kier molecular flexibility index (Phi) is 6.98. The molecule has 0 spiro atoms. The number of nitro groups is 1. The van der Waals surface area contributed by atoms with Crippen LogP contribution in [0, 0.1) is 10.1 Å². The van der Waals surface area contributed by atoms with E-state index in [1.54, 1.807) is 26.0 Å². The van der Waals surface area contributed by atoms with Gasteiger partial charge in [-0.3, -0.25) is 14.7 Å². The molecule has 0 amide bonds. The Balaban J connectivity index is 2.20.